The molecule has 7 heteroatoms. The Kier molecular flexibility index (Phi) is 4.00. The van der Waals surface area contributed by atoms with Crippen molar-refractivity contribution in [3.63, 3.8) is 0 Å². The molecular weight excluding hydrogens is 328 g/mol. The van der Waals surface area contributed by atoms with E-state index in [2.05, 4.69) is 10.1 Å². The first-order chi connectivity index (χ1) is 10.6. The zero-order valence-corrected chi connectivity index (χ0v) is 12.9. The number of hydrogen-bond acceptors (Lipinski definition) is 3. The van der Waals surface area contributed by atoms with Crippen LogP contribution < -0.4 is 4.74 Å². The number of aromatic nitrogens is 3. The van der Waals surface area contributed by atoms with Crippen LogP contribution in [-0.4, -0.2) is 21.9 Å². The van der Waals surface area contributed by atoms with E-state index in [1.165, 1.54) is 30.3 Å². The van der Waals surface area contributed by atoms with Gasteiger partial charge in [0.05, 0.1) is 29.0 Å². The smallest absolute Gasteiger partial charge is 0.136 e. The Morgan fingerprint density at radius 1 is 1.14 bits per heavy atom. The Morgan fingerprint density at radius 2 is 1.86 bits per heavy atom. The molecule has 0 unspecified atom stereocenters. The maximum atomic E-state index is 14.3. The van der Waals surface area contributed by atoms with Gasteiger partial charge in [0.2, 0.25) is 0 Å². The Bertz CT molecular complexity index is 815. The second-order valence-corrected chi connectivity index (χ2v) is 5.24. The van der Waals surface area contributed by atoms with Gasteiger partial charge in [-0.05, 0) is 18.2 Å². The number of nitrogens with zero attached hydrogens (tertiary/aromatic N) is 3. The van der Waals surface area contributed by atoms with Crippen LogP contribution in [0.3, 0.4) is 0 Å². The Morgan fingerprint density at radius 3 is 2.50 bits per heavy atom. The number of benzene rings is 1. The first-order valence-corrected chi connectivity index (χ1v) is 7.04. The van der Waals surface area contributed by atoms with E-state index in [0.29, 0.717) is 32.7 Å². The van der Waals surface area contributed by atoms with Gasteiger partial charge in [0.1, 0.15) is 17.3 Å². The molecule has 3 aromatic rings. The molecule has 1 aromatic carbocycles. The third-order valence-corrected chi connectivity index (χ3v) is 3.69. The molecule has 0 fully saturated rings. The molecule has 0 aliphatic rings. The molecule has 112 valence electrons. The molecule has 0 aliphatic heterocycles. The molecule has 4 nitrogen and oxygen atoms in total. The Labute approximate surface area is 136 Å². The SMILES string of the molecule is COc1ccc(-c2ccnn2-c2c(Cl)cncc2Cl)c(F)c1. The third-order valence-electron chi connectivity index (χ3n) is 3.13. The lowest BCUT2D eigenvalue weighted by molar-refractivity contribution is 0.411. The Balaban J connectivity index is 2.18. The first-order valence-electron chi connectivity index (χ1n) is 6.29. The summed E-state index contributed by atoms with van der Waals surface area (Å²) in [5, 5.41) is 4.84. The zero-order valence-electron chi connectivity index (χ0n) is 11.4. The van der Waals surface area contributed by atoms with Gasteiger partial charge >= 0.3 is 0 Å². The summed E-state index contributed by atoms with van der Waals surface area (Å²) >= 11 is 12.3. The van der Waals surface area contributed by atoms with Crippen LogP contribution >= 0.6 is 23.2 Å². The van der Waals surface area contributed by atoms with Crippen LogP contribution in [0, 0.1) is 5.82 Å². The molecule has 0 bridgehead atoms. The monoisotopic (exact) mass is 337 g/mol. The average Bonchev–Trinajstić information content (AvgIpc) is 2.96. The number of rotatable bonds is 3. The second kappa shape index (κ2) is 5.94. The van der Waals surface area contributed by atoms with Gasteiger partial charge in [-0.15, -0.1) is 0 Å². The third kappa shape index (κ3) is 2.53. The predicted molar refractivity (Wildman–Crippen MR) is 83.3 cm³/mol. The lowest BCUT2D eigenvalue weighted by Crippen LogP contribution is -2.02. The summed E-state index contributed by atoms with van der Waals surface area (Å²) in [6.07, 6.45) is 4.46. The molecule has 2 aromatic heterocycles. The minimum Gasteiger partial charge on any atom is -0.497 e. The first kappa shape index (κ1) is 14.8. The van der Waals surface area contributed by atoms with Crippen LogP contribution in [-0.2, 0) is 0 Å². The topological polar surface area (TPSA) is 39.9 Å². The van der Waals surface area contributed by atoms with E-state index in [1.54, 1.807) is 24.4 Å². The van der Waals surface area contributed by atoms with Gasteiger partial charge in [0.25, 0.3) is 0 Å². The van der Waals surface area contributed by atoms with Crippen LogP contribution in [0.2, 0.25) is 10.0 Å². The molecule has 0 aliphatic carbocycles. The van der Waals surface area contributed by atoms with Crippen LogP contribution in [0.5, 0.6) is 5.75 Å². The van der Waals surface area contributed by atoms with Gasteiger partial charge in [0, 0.05) is 24.0 Å². The van der Waals surface area contributed by atoms with E-state index in [1.807, 2.05) is 0 Å². The molecular formula is C15H10Cl2FN3O. The second-order valence-electron chi connectivity index (χ2n) is 4.43. The quantitative estimate of drug-likeness (QED) is 0.711. The average molecular weight is 338 g/mol. The highest BCUT2D eigenvalue weighted by Crippen LogP contribution is 2.32. The highest BCUT2D eigenvalue weighted by Gasteiger charge is 2.17. The van der Waals surface area contributed by atoms with Crippen molar-refractivity contribution in [3.8, 4) is 22.7 Å². The summed E-state index contributed by atoms with van der Waals surface area (Å²) < 4.78 is 20.8. The van der Waals surface area contributed by atoms with Gasteiger partial charge in [-0.25, -0.2) is 9.07 Å². The normalized spacial score (nSPS) is 10.7. The van der Waals surface area contributed by atoms with E-state index < -0.39 is 5.82 Å². The highest BCUT2D eigenvalue weighted by molar-refractivity contribution is 6.37. The van der Waals surface area contributed by atoms with Gasteiger partial charge in [-0.2, -0.15) is 5.10 Å². The molecule has 3 rings (SSSR count). The summed E-state index contributed by atoms with van der Waals surface area (Å²) in [5.74, 6) is 0.00897. The number of ether oxygens (including phenoxy) is 1. The van der Waals surface area contributed by atoms with Gasteiger partial charge < -0.3 is 4.74 Å². The Hall–Kier alpha value is -2.11. The van der Waals surface area contributed by atoms with E-state index in [4.69, 9.17) is 27.9 Å². The molecule has 0 saturated heterocycles. The van der Waals surface area contributed by atoms with Crippen LogP contribution in [0.25, 0.3) is 16.9 Å². The van der Waals surface area contributed by atoms with Gasteiger partial charge in [-0.1, -0.05) is 23.2 Å². The highest BCUT2D eigenvalue weighted by atomic mass is 35.5. The standard InChI is InChI=1S/C15H10Cl2FN3O/c1-22-9-2-3-10(13(18)6-9)14-4-5-20-21(14)15-11(16)7-19-8-12(15)17/h2-8H,1H3. The lowest BCUT2D eigenvalue weighted by Gasteiger charge is -2.12. The van der Waals surface area contributed by atoms with E-state index in [9.17, 15) is 4.39 Å². The summed E-state index contributed by atoms with van der Waals surface area (Å²) in [6, 6.07) is 6.27. The molecule has 0 atom stereocenters. The van der Waals surface area contributed by atoms with Gasteiger partial charge in [0.15, 0.2) is 0 Å². The van der Waals surface area contributed by atoms with Crippen LogP contribution in [0.4, 0.5) is 4.39 Å². The minimum absolute atomic E-state index is 0.325. The fraction of sp³-hybridized carbons (Fsp3) is 0.0667. The zero-order chi connectivity index (χ0) is 15.7. The fourth-order valence-electron chi connectivity index (χ4n) is 2.12. The number of hydrogen-bond donors (Lipinski definition) is 0. The van der Waals surface area contributed by atoms with E-state index in [0.717, 1.165) is 0 Å². The van der Waals surface area contributed by atoms with Crippen molar-refractivity contribution in [2.45, 2.75) is 0 Å². The van der Waals surface area contributed by atoms with Crippen molar-refractivity contribution in [2.75, 3.05) is 7.11 Å². The fourth-order valence-corrected chi connectivity index (χ4v) is 2.65. The molecule has 0 amide bonds. The molecule has 22 heavy (non-hydrogen) atoms. The van der Waals surface area contributed by atoms with Crippen molar-refractivity contribution in [1.82, 2.24) is 14.8 Å². The molecule has 0 saturated carbocycles. The number of methoxy groups -OCH3 is 1. The lowest BCUT2D eigenvalue weighted by atomic mass is 10.1. The van der Waals surface area contributed by atoms with Crippen molar-refractivity contribution >= 4 is 23.2 Å². The largest absolute Gasteiger partial charge is 0.497 e. The van der Waals surface area contributed by atoms with E-state index in [-0.39, 0.29) is 0 Å². The number of pyridine rings is 1. The van der Waals surface area contributed by atoms with Crippen molar-refractivity contribution < 1.29 is 9.13 Å². The molecule has 2 heterocycles. The summed E-state index contributed by atoms with van der Waals surface area (Å²) in [7, 11) is 1.48. The maximum absolute atomic E-state index is 14.3. The molecule has 0 N–H and O–H groups in total. The molecule has 0 radical (unpaired) electrons. The van der Waals surface area contributed by atoms with Crippen LogP contribution in [0.15, 0.2) is 42.9 Å². The van der Waals surface area contributed by atoms with Crippen molar-refractivity contribution in [2.24, 2.45) is 0 Å². The minimum atomic E-state index is -0.428. The van der Waals surface area contributed by atoms with Crippen LogP contribution in [0.1, 0.15) is 0 Å². The molecule has 0 spiro atoms. The summed E-state index contributed by atoms with van der Waals surface area (Å²) in [4.78, 5) is 3.90. The van der Waals surface area contributed by atoms with E-state index >= 15 is 0 Å². The number of halogens is 3. The maximum Gasteiger partial charge on any atom is 0.136 e. The summed E-state index contributed by atoms with van der Waals surface area (Å²) in [5.41, 5.74) is 1.34. The summed E-state index contributed by atoms with van der Waals surface area (Å²) in [6.45, 7) is 0. The van der Waals surface area contributed by atoms with Gasteiger partial charge in [-0.3, -0.25) is 4.98 Å². The van der Waals surface area contributed by atoms with Crippen molar-refractivity contribution in [1.29, 1.82) is 0 Å². The van der Waals surface area contributed by atoms with Crippen molar-refractivity contribution in [3.05, 3.63) is 58.7 Å². The predicted octanol–water partition coefficient (Wildman–Crippen LogP) is 4.39.